The molecule has 2 unspecified atom stereocenters. The number of carbonyl (C=O) groups excluding carboxylic acids is 1. The third kappa shape index (κ3) is 0.993. The number of fused-ring (bicyclic) bond motifs is 2. The summed E-state index contributed by atoms with van der Waals surface area (Å²) in [7, 11) is 0. The molecule has 11 heavy (non-hydrogen) atoms. The largest absolute Gasteiger partial charge is 0.317 e. The van der Waals surface area contributed by atoms with Crippen LogP contribution >= 0.6 is 0 Å². The van der Waals surface area contributed by atoms with Gasteiger partial charge in [-0.15, -0.1) is 0 Å². The topological polar surface area (TPSA) is 49.3 Å². The second kappa shape index (κ2) is 2.57. The molecule has 2 rings (SSSR count). The second-order valence-corrected chi connectivity index (χ2v) is 3.76. The Morgan fingerprint density at radius 3 is 2.55 bits per heavy atom. The number of hydrogen-bond acceptors (Lipinski definition) is 3. The van der Waals surface area contributed by atoms with Gasteiger partial charge in [0.05, 0.1) is 0 Å². The Labute approximate surface area is 65.7 Å². The molecule has 0 aromatic carbocycles. The lowest BCUT2D eigenvalue weighted by Crippen LogP contribution is -2.33. The molecular weight excluding hydrogens is 142 g/mol. The molecule has 0 spiro atoms. The first-order chi connectivity index (χ1) is 5.35. The number of hydrogen-bond donors (Lipinski definition) is 2. The Balaban J connectivity index is 2.02. The van der Waals surface area contributed by atoms with Crippen molar-refractivity contribution >= 4 is 6.29 Å². The van der Waals surface area contributed by atoms with Crippen LogP contribution in [0.2, 0.25) is 0 Å². The molecule has 0 aromatic heterocycles. The molecular formula is C8H13NO2. The lowest BCUT2D eigenvalue weighted by Gasteiger charge is -2.23. The quantitative estimate of drug-likeness (QED) is 0.453. The third-order valence-corrected chi connectivity index (χ3v) is 3.25. The lowest BCUT2D eigenvalue weighted by molar-refractivity contribution is -0.112. The van der Waals surface area contributed by atoms with Crippen LogP contribution in [0.4, 0.5) is 0 Å². The molecule has 0 aliphatic heterocycles. The molecule has 0 saturated heterocycles. The normalized spacial score (nSPS) is 48.1. The standard InChI is InChI=1S/C8H13NO2/c10-4-7-2-6-1-5(7)3-8(6)9-11/h4-9,11H,1-3H2/t5?,6-,7?,8-/m1/s1. The molecule has 0 aromatic rings. The fraction of sp³-hybridized carbons (Fsp3) is 0.875. The molecule has 2 N–H and O–H groups in total. The van der Waals surface area contributed by atoms with Crippen LogP contribution < -0.4 is 5.48 Å². The van der Waals surface area contributed by atoms with Crippen molar-refractivity contribution in [3.63, 3.8) is 0 Å². The van der Waals surface area contributed by atoms with Crippen LogP contribution in [-0.4, -0.2) is 17.5 Å². The summed E-state index contributed by atoms with van der Waals surface area (Å²) < 4.78 is 0. The Morgan fingerprint density at radius 1 is 1.27 bits per heavy atom. The average molecular weight is 155 g/mol. The van der Waals surface area contributed by atoms with E-state index in [4.69, 9.17) is 5.21 Å². The highest BCUT2D eigenvalue weighted by Gasteiger charge is 2.45. The minimum absolute atomic E-state index is 0.260. The number of carbonyl (C=O) groups is 1. The van der Waals surface area contributed by atoms with Gasteiger partial charge in [-0.25, -0.2) is 5.48 Å². The lowest BCUT2D eigenvalue weighted by atomic mass is 9.87. The monoisotopic (exact) mass is 155 g/mol. The van der Waals surface area contributed by atoms with E-state index in [1.54, 1.807) is 0 Å². The maximum absolute atomic E-state index is 10.5. The molecule has 0 radical (unpaired) electrons. The van der Waals surface area contributed by atoms with Gasteiger partial charge in [-0.3, -0.25) is 0 Å². The predicted octanol–water partition coefficient (Wildman–Crippen LogP) is 0.579. The average Bonchev–Trinajstić information content (AvgIpc) is 2.60. The van der Waals surface area contributed by atoms with Crippen molar-refractivity contribution in [3.05, 3.63) is 0 Å². The molecule has 2 saturated carbocycles. The van der Waals surface area contributed by atoms with Crippen molar-refractivity contribution in [1.29, 1.82) is 0 Å². The third-order valence-electron chi connectivity index (χ3n) is 3.25. The van der Waals surface area contributed by atoms with Gasteiger partial charge in [0.25, 0.3) is 0 Å². The van der Waals surface area contributed by atoms with E-state index in [1.165, 1.54) is 0 Å². The summed E-state index contributed by atoms with van der Waals surface area (Å²) in [5, 5.41) is 8.71. The van der Waals surface area contributed by atoms with Crippen molar-refractivity contribution in [1.82, 2.24) is 5.48 Å². The highest BCUT2D eigenvalue weighted by atomic mass is 16.5. The van der Waals surface area contributed by atoms with E-state index in [2.05, 4.69) is 5.48 Å². The zero-order chi connectivity index (χ0) is 7.84. The van der Waals surface area contributed by atoms with Crippen LogP contribution in [0.15, 0.2) is 0 Å². The van der Waals surface area contributed by atoms with Gasteiger partial charge in [0.15, 0.2) is 0 Å². The Hall–Kier alpha value is -0.410. The van der Waals surface area contributed by atoms with E-state index in [9.17, 15) is 4.79 Å². The van der Waals surface area contributed by atoms with Gasteiger partial charge in [-0.1, -0.05) is 0 Å². The van der Waals surface area contributed by atoms with Gasteiger partial charge in [-0.2, -0.15) is 0 Å². The summed E-state index contributed by atoms with van der Waals surface area (Å²) in [6.07, 6.45) is 4.16. The number of rotatable bonds is 2. The minimum Gasteiger partial charge on any atom is -0.317 e. The fourth-order valence-electron chi connectivity index (χ4n) is 2.64. The highest BCUT2D eigenvalue weighted by molar-refractivity contribution is 5.55. The van der Waals surface area contributed by atoms with Gasteiger partial charge in [-0.05, 0) is 31.1 Å². The van der Waals surface area contributed by atoms with Crippen molar-refractivity contribution in [2.24, 2.45) is 17.8 Å². The van der Waals surface area contributed by atoms with Crippen LogP contribution in [0.3, 0.4) is 0 Å². The molecule has 2 aliphatic carbocycles. The first-order valence-corrected chi connectivity index (χ1v) is 4.20. The zero-order valence-electron chi connectivity index (χ0n) is 6.36. The van der Waals surface area contributed by atoms with E-state index >= 15 is 0 Å². The van der Waals surface area contributed by atoms with Crippen LogP contribution in [0.5, 0.6) is 0 Å². The van der Waals surface area contributed by atoms with Gasteiger partial charge < -0.3 is 10.0 Å². The van der Waals surface area contributed by atoms with E-state index in [-0.39, 0.29) is 12.0 Å². The Bertz CT molecular complexity index is 171. The molecule has 0 heterocycles. The number of nitrogens with one attached hydrogen (secondary N) is 1. The summed E-state index contributed by atoms with van der Waals surface area (Å²) in [5.41, 5.74) is 2.32. The summed E-state index contributed by atoms with van der Waals surface area (Å²) in [6.45, 7) is 0. The molecule has 3 heteroatoms. The van der Waals surface area contributed by atoms with Crippen LogP contribution in [-0.2, 0) is 4.79 Å². The minimum atomic E-state index is 0.260. The summed E-state index contributed by atoms with van der Waals surface area (Å²) >= 11 is 0. The van der Waals surface area contributed by atoms with E-state index in [0.29, 0.717) is 11.8 Å². The first kappa shape index (κ1) is 7.25. The molecule has 3 nitrogen and oxygen atoms in total. The van der Waals surface area contributed by atoms with Gasteiger partial charge >= 0.3 is 0 Å². The maximum Gasteiger partial charge on any atom is 0.123 e. The summed E-state index contributed by atoms with van der Waals surface area (Å²) in [5.74, 6) is 1.37. The molecule has 2 bridgehead atoms. The van der Waals surface area contributed by atoms with Crippen LogP contribution in [0.1, 0.15) is 19.3 Å². The van der Waals surface area contributed by atoms with Gasteiger partial charge in [0.1, 0.15) is 6.29 Å². The number of aldehydes is 1. The summed E-state index contributed by atoms with van der Waals surface area (Å²) in [6, 6.07) is 0.260. The SMILES string of the molecule is O=CC1C[C@H]2CC1C[C@H]2NO. The van der Waals surface area contributed by atoms with Crippen LogP contribution in [0.25, 0.3) is 0 Å². The van der Waals surface area contributed by atoms with Gasteiger partial charge in [0, 0.05) is 12.0 Å². The zero-order valence-corrected chi connectivity index (χ0v) is 6.36. The maximum atomic E-state index is 10.5. The first-order valence-electron chi connectivity index (χ1n) is 4.20. The highest BCUT2D eigenvalue weighted by Crippen LogP contribution is 2.47. The van der Waals surface area contributed by atoms with E-state index < -0.39 is 0 Å². The second-order valence-electron chi connectivity index (χ2n) is 3.76. The van der Waals surface area contributed by atoms with Crippen molar-refractivity contribution in [3.8, 4) is 0 Å². The molecule has 2 fully saturated rings. The van der Waals surface area contributed by atoms with Crippen molar-refractivity contribution in [2.75, 3.05) is 0 Å². The Morgan fingerprint density at radius 2 is 2.09 bits per heavy atom. The molecule has 62 valence electrons. The number of hydroxylamine groups is 1. The van der Waals surface area contributed by atoms with E-state index in [0.717, 1.165) is 25.5 Å². The van der Waals surface area contributed by atoms with Gasteiger partial charge in [0.2, 0.25) is 0 Å². The smallest absolute Gasteiger partial charge is 0.123 e. The van der Waals surface area contributed by atoms with Crippen molar-refractivity contribution in [2.45, 2.75) is 25.3 Å². The fourth-order valence-corrected chi connectivity index (χ4v) is 2.64. The Kier molecular flexibility index (Phi) is 1.69. The molecule has 4 atom stereocenters. The molecule has 2 aliphatic rings. The summed E-state index contributed by atoms with van der Waals surface area (Å²) in [4.78, 5) is 10.5. The van der Waals surface area contributed by atoms with Crippen molar-refractivity contribution < 1.29 is 10.0 Å². The predicted molar refractivity (Wildman–Crippen MR) is 39.1 cm³/mol. The van der Waals surface area contributed by atoms with E-state index in [1.807, 2.05) is 0 Å². The van der Waals surface area contributed by atoms with Crippen LogP contribution in [0, 0.1) is 17.8 Å². The molecule has 0 amide bonds.